The molecule has 0 heterocycles. The molecule has 0 saturated carbocycles. The van der Waals surface area contributed by atoms with Gasteiger partial charge in [-0.1, -0.05) is 24.3 Å². The number of nitrogens with zero attached hydrogens (tertiary/aromatic N) is 2. The van der Waals surface area contributed by atoms with E-state index in [-0.39, 0.29) is 5.56 Å². The second kappa shape index (κ2) is 7.00. The van der Waals surface area contributed by atoms with Gasteiger partial charge in [0, 0.05) is 0 Å². The van der Waals surface area contributed by atoms with Gasteiger partial charge in [-0.25, -0.2) is 0 Å². The average Bonchev–Trinajstić information content (AvgIpc) is 2.64. The van der Waals surface area contributed by atoms with Gasteiger partial charge in [0.25, 0.3) is 0 Å². The first-order valence-corrected chi connectivity index (χ1v) is 7.24. The fraction of sp³-hybridized carbons (Fsp3) is 0. The third kappa shape index (κ3) is 3.35. The zero-order valence-corrected chi connectivity index (χ0v) is 12.6. The molecule has 3 aromatic carbocycles. The number of rotatable bonds is 4. The van der Waals surface area contributed by atoms with Crippen LogP contribution in [0.1, 0.15) is 11.1 Å². The van der Waals surface area contributed by atoms with E-state index in [2.05, 4.69) is 0 Å². The Morgan fingerprint density at radius 1 is 0.583 bits per heavy atom. The first kappa shape index (κ1) is 15.1. The Kier molecular flexibility index (Phi) is 4.42. The minimum atomic E-state index is 0.226. The highest BCUT2D eigenvalue weighted by molar-refractivity contribution is 5.55. The van der Waals surface area contributed by atoms with Gasteiger partial charge in [-0.2, -0.15) is 10.5 Å². The van der Waals surface area contributed by atoms with Crippen molar-refractivity contribution >= 4 is 0 Å². The molecule has 0 aromatic heterocycles. The van der Waals surface area contributed by atoms with Crippen LogP contribution in [0.2, 0.25) is 0 Å². The van der Waals surface area contributed by atoms with Crippen molar-refractivity contribution < 1.29 is 9.47 Å². The highest BCUT2D eigenvalue weighted by Crippen LogP contribution is 2.29. The lowest BCUT2D eigenvalue weighted by Crippen LogP contribution is -1.91. The number of hydrogen-bond donors (Lipinski definition) is 0. The lowest BCUT2D eigenvalue weighted by Gasteiger charge is -2.09. The number of ether oxygens (including phenoxy) is 2. The highest BCUT2D eigenvalue weighted by atomic mass is 16.5. The summed E-state index contributed by atoms with van der Waals surface area (Å²) in [7, 11) is 0. The molecule has 4 nitrogen and oxygen atoms in total. The van der Waals surface area contributed by atoms with E-state index in [0.29, 0.717) is 22.8 Å². The predicted molar refractivity (Wildman–Crippen MR) is 88.9 cm³/mol. The van der Waals surface area contributed by atoms with E-state index in [9.17, 15) is 5.26 Å². The van der Waals surface area contributed by atoms with Crippen LogP contribution < -0.4 is 9.47 Å². The first-order valence-electron chi connectivity index (χ1n) is 7.24. The number of hydrogen-bond acceptors (Lipinski definition) is 4. The Labute approximate surface area is 139 Å². The summed E-state index contributed by atoms with van der Waals surface area (Å²) < 4.78 is 11.4. The van der Waals surface area contributed by atoms with Gasteiger partial charge in [-0.05, 0) is 48.5 Å². The van der Waals surface area contributed by atoms with Gasteiger partial charge in [-0.15, -0.1) is 0 Å². The van der Waals surface area contributed by atoms with E-state index in [4.69, 9.17) is 14.7 Å². The van der Waals surface area contributed by atoms with E-state index in [0.717, 1.165) is 5.75 Å². The Balaban J connectivity index is 1.78. The topological polar surface area (TPSA) is 66.0 Å². The van der Waals surface area contributed by atoms with E-state index in [1.807, 2.05) is 42.5 Å². The quantitative estimate of drug-likeness (QED) is 0.679. The molecule has 3 rings (SSSR count). The molecule has 0 fully saturated rings. The molecule has 0 aliphatic heterocycles. The Morgan fingerprint density at radius 3 is 1.83 bits per heavy atom. The molecule has 0 radical (unpaired) electrons. The van der Waals surface area contributed by atoms with Gasteiger partial charge in [0.15, 0.2) is 0 Å². The van der Waals surface area contributed by atoms with Crippen molar-refractivity contribution in [3.05, 3.63) is 83.9 Å². The molecule has 0 unspecified atom stereocenters. The molecule has 0 spiro atoms. The van der Waals surface area contributed by atoms with E-state index < -0.39 is 0 Å². The van der Waals surface area contributed by atoms with Gasteiger partial charge in [0.1, 0.15) is 40.7 Å². The Bertz CT molecular complexity index is 921. The largest absolute Gasteiger partial charge is 0.457 e. The van der Waals surface area contributed by atoms with Crippen molar-refractivity contribution in [2.24, 2.45) is 0 Å². The molecule has 0 atom stereocenters. The SMILES string of the molecule is N#Cc1cccc(Oc2ccc(Oc3ccccc3)cc2)c1C#N. The molecule has 114 valence electrons. The van der Waals surface area contributed by atoms with E-state index in [1.54, 1.807) is 42.5 Å². The lowest BCUT2D eigenvalue weighted by atomic mass is 10.1. The van der Waals surface area contributed by atoms with Gasteiger partial charge >= 0.3 is 0 Å². The highest BCUT2D eigenvalue weighted by Gasteiger charge is 2.09. The smallest absolute Gasteiger partial charge is 0.146 e. The van der Waals surface area contributed by atoms with Crippen molar-refractivity contribution in [3.8, 4) is 35.1 Å². The van der Waals surface area contributed by atoms with Crippen LogP contribution in [0, 0.1) is 22.7 Å². The number of nitriles is 2. The molecule has 0 aliphatic carbocycles. The molecule has 0 N–H and O–H groups in total. The maximum Gasteiger partial charge on any atom is 0.146 e. The lowest BCUT2D eigenvalue weighted by molar-refractivity contribution is 0.468. The Hall–Kier alpha value is -3.76. The predicted octanol–water partition coefficient (Wildman–Crippen LogP) is 5.01. The van der Waals surface area contributed by atoms with Crippen LogP contribution in [0.4, 0.5) is 0 Å². The summed E-state index contributed by atoms with van der Waals surface area (Å²) in [5.41, 5.74) is 0.517. The van der Waals surface area contributed by atoms with Crippen LogP contribution in [0.3, 0.4) is 0 Å². The van der Waals surface area contributed by atoms with Gasteiger partial charge in [-0.3, -0.25) is 0 Å². The van der Waals surface area contributed by atoms with Crippen molar-refractivity contribution in [2.45, 2.75) is 0 Å². The van der Waals surface area contributed by atoms with E-state index >= 15 is 0 Å². The van der Waals surface area contributed by atoms with Crippen molar-refractivity contribution in [1.29, 1.82) is 10.5 Å². The summed E-state index contributed by atoms with van der Waals surface area (Å²) in [6.45, 7) is 0. The van der Waals surface area contributed by atoms with Crippen LogP contribution in [0.15, 0.2) is 72.8 Å². The van der Waals surface area contributed by atoms with Crippen LogP contribution in [0.25, 0.3) is 0 Å². The fourth-order valence-electron chi connectivity index (χ4n) is 2.15. The second-order valence-electron chi connectivity index (χ2n) is 4.89. The maximum absolute atomic E-state index is 9.22. The van der Waals surface area contributed by atoms with Crippen molar-refractivity contribution in [2.75, 3.05) is 0 Å². The van der Waals surface area contributed by atoms with Crippen LogP contribution >= 0.6 is 0 Å². The van der Waals surface area contributed by atoms with E-state index in [1.165, 1.54) is 0 Å². The normalized spacial score (nSPS) is 9.58. The fourth-order valence-corrected chi connectivity index (χ4v) is 2.15. The summed E-state index contributed by atoms with van der Waals surface area (Å²) in [6, 6.07) is 25.4. The monoisotopic (exact) mass is 312 g/mol. The van der Waals surface area contributed by atoms with Crippen molar-refractivity contribution in [3.63, 3.8) is 0 Å². The maximum atomic E-state index is 9.22. The third-order valence-corrected chi connectivity index (χ3v) is 3.29. The van der Waals surface area contributed by atoms with Crippen molar-refractivity contribution in [1.82, 2.24) is 0 Å². The average molecular weight is 312 g/mol. The van der Waals surface area contributed by atoms with Crippen LogP contribution in [-0.2, 0) is 0 Å². The summed E-state index contributed by atoms with van der Waals surface area (Å²) in [5, 5.41) is 18.3. The molecular formula is C20H12N2O2. The third-order valence-electron chi connectivity index (χ3n) is 3.29. The summed E-state index contributed by atoms with van der Waals surface area (Å²) >= 11 is 0. The minimum absolute atomic E-state index is 0.226. The van der Waals surface area contributed by atoms with Gasteiger partial charge in [0.05, 0.1) is 5.56 Å². The molecule has 24 heavy (non-hydrogen) atoms. The summed E-state index contributed by atoms with van der Waals surface area (Å²) in [4.78, 5) is 0. The summed E-state index contributed by atoms with van der Waals surface area (Å²) in [5.74, 6) is 2.34. The first-order chi connectivity index (χ1) is 11.8. The zero-order valence-electron chi connectivity index (χ0n) is 12.6. The molecular weight excluding hydrogens is 300 g/mol. The summed E-state index contributed by atoms with van der Waals surface area (Å²) in [6.07, 6.45) is 0. The molecule has 0 amide bonds. The minimum Gasteiger partial charge on any atom is -0.457 e. The number of para-hydroxylation sites is 1. The van der Waals surface area contributed by atoms with Crippen LogP contribution in [0.5, 0.6) is 23.0 Å². The van der Waals surface area contributed by atoms with Gasteiger partial charge < -0.3 is 9.47 Å². The standard InChI is InChI=1S/C20H12N2O2/c21-13-15-5-4-8-20(19(15)14-22)24-18-11-9-17(10-12-18)23-16-6-2-1-3-7-16/h1-12H. The molecule has 3 aromatic rings. The number of benzene rings is 3. The van der Waals surface area contributed by atoms with Gasteiger partial charge in [0.2, 0.25) is 0 Å². The molecule has 0 aliphatic rings. The molecule has 4 heteroatoms. The Morgan fingerprint density at radius 2 is 1.21 bits per heavy atom. The molecule has 0 saturated heterocycles. The zero-order chi connectivity index (χ0) is 16.8. The molecule has 0 bridgehead atoms. The van der Waals surface area contributed by atoms with Crippen LogP contribution in [-0.4, -0.2) is 0 Å². The second-order valence-corrected chi connectivity index (χ2v) is 4.89.